The first-order chi connectivity index (χ1) is 10.5. The lowest BCUT2D eigenvalue weighted by Crippen LogP contribution is -2.41. The van der Waals surface area contributed by atoms with Crippen molar-refractivity contribution in [2.75, 3.05) is 0 Å². The van der Waals surface area contributed by atoms with E-state index < -0.39 is 16.7 Å². The monoisotopic (exact) mass is 363 g/mol. The second kappa shape index (κ2) is 6.81. The number of non-ortho nitro benzene ring substituents is 1. The van der Waals surface area contributed by atoms with Crippen molar-refractivity contribution >= 4 is 33.4 Å². The summed E-state index contributed by atoms with van der Waals surface area (Å²) in [5.41, 5.74) is 4.97. The maximum atomic E-state index is 11.8. The smallest absolute Gasteiger partial charge is 0.267 e. The molecule has 0 atom stereocenters. The summed E-state index contributed by atoms with van der Waals surface area (Å²) in [6, 6.07) is 11.6. The molecule has 0 saturated heterocycles. The number of nitrogens with one attached hydrogen (secondary N) is 2. The molecule has 0 heterocycles. The fourth-order valence-electron chi connectivity index (χ4n) is 1.59. The molecule has 0 aromatic heterocycles. The number of hydrogen-bond acceptors (Lipinski definition) is 4. The number of hydrazine groups is 1. The summed E-state index contributed by atoms with van der Waals surface area (Å²) in [4.78, 5) is 33.6. The van der Waals surface area contributed by atoms with Crippen molar-refractivity contribution in [2.45, 2.75) is 0 Å². The fraction of sp³-hybridized carbons (Fsp3) is 0. The SMILES string of the molecule is O=C(NNC(=O)c1ccc([N+](=O)[O-])cc1)c1ccc(Br)cc1. The lowest BCUT2D eigenvalue weighted by Gasteiger charge is -2.07. The predicted molar refractivity (Wildman–Crippen MR) is 82.2 cm³/mol. The summed E-state index contributed by atoms with van der Waals surface area (Å²) in [6.07, 6.45) is 0. The number of nitro groups is 1. The zero-order chi connectivity index (χ0) is 16.1. The molecular weight excluding hydrogens is 354 g/mol. The summed E-state index contributed by atoms with van der Waals surface area (Å²) in [7, 11) is 0. The molecule has 0 spiro atoms. The van der Waals surface area contributed by atoms with Crippen molar-refractivity contribution in [3.63, 3.8) is 0 Å². The average molecular weight is 364 g/mol. The molecule has 2 aromatic rings. The summed E-state index contributed by atoms with van der Waals surface area (Å²) in [6.45, 7) is 0. The van der Waals surface area contributed by atoms with Gasteiger partial charge in [-0.2, -0.15) is 0 Å². The lowest BCUT2D eigenvalue weighted by molar-refractivity contribution is -0.384. The van der Waals surface area contributed by atoms with E-state index in [-0.39, 0.29) is 11.3 Å². The van der Waals surface area contributed by atoms with Crippen molar-refractivity contribution in [3.05, 3.63) is 74.2 Å². The van der Waals surface area contributed by atoms with E-state index in [1.807, 2.05) is 0 Å². The molecule has 7 nitrogen and oxygen atoms in total. The summed E-state index contributed by atoms with van der Waals surface area (Å²) in [5.74, 6) is -1.04. The minimum Gasteiger partial charge on any atom is -0.267 e. The van der Waals surface area contributed by atoms with Gasteiger partial charge in [0.2, 0.25) is 0 Å². The Bertz CT molecular complexity index is 714. The van der Waals surface area contributed by atoms with E-state index >= 15 is 0 Å². The highest BCUT2D eigenvalue weighted by Crippen LogP contribution is 2.12. The van der Waals surface area contributed by atoms with Crippen LogP contribution in [0.5, 0.6) is 0 Å². The predicted octanol–water partition coefficient (Wildman–Crippen LogP) is 2.43. The molecule has 0 aliphatic carbocycles. The van der Waals surface area contributed by atoms with Gasteiger partial charge in [0.1, 0.15) is 0 Å². The second-order valence-corrected chi connectivity index (χ2v) is 5.13. The Morgan fingerprint density at radius 2 is 1.27 bits per heavy atom. The van der Waals surface area contributed by atoms with Gasteiger partial charge in [0.15, 0.2) is 0 Å². The molecule has 2 amide bonds. The molecule has 0 unspecified atom stereocenters. The van der Waals surface area contributed by atoms with E-state index in [2.05, 4.69) is 26.8 Å². The van der Waals surface area contributed by atoms with Crippen LogP contribution in [0.2, 0.25) is 0 Å². The van der Waals surface area contributed by atoms with Crippen molar-refractivity contribution < 1.29 is 14.5 Å². The molecule has 2 aromatic carbocycles. The Labute approximate surface area is 133 Å². The van der Waals surface area contributed by atoms with E-state index in [0.29, 0.717) is 5.56 Å². The minimum absolute atomic E-state index is 0.115. The molecule has 0 aliphatic heterocycles. The van der Waals surface area contributed by atoms with Gasteiger partial charge in [-0.05, 0) is 36.4 Å². The van der Waals surface area contributed by atoms with E-state index in [4.69, 9.17) is 0 Å². The molecule has 8 heteroatoms. The summed E-state index contributed by atoms with van der Waals surface area (Å²) >= 11 is 3.25. The van der Waals surface area contributed by atoms with Crippen LogP contribution in [0.25, 0.3) is 0 Å². The van der Waals surface area contributed by atoms with Crippen LogP contribution in [0.4, 0.5) is 5.69 Å². The van der Waals surface area contributed by atoms with Crippen molar-refractivity contribution in [2.24, 2.45) is 0 Å². The molecule has 0 saturated carbocycles. The Hall–Kier alpha value is -2.74. The van der Waals surface area contributed by atoms with Gasteiger partial charge in [-0.15, -0.1) is 0 Å². The maximum absolute atomic E-state index is 11.8. The summed E-state index contributed by atoms with van der Waals surface area (Å²) < 4.78 is 0.832. The lowest BCUT2D eigenvalue weighted by atomic mass is 10.2. The van der Waals surface area contributed by atoms with Gasteiger partial charge in [0, 0.05) is 27.7 Å². The molecule has 0 bridgehead atoms. The van der Waals surface area contributed by atoms with Crippen LogP contribution < -0.4 is 10.9 Å². The molecule has 2 rings (SSSR count). The van der Waals surface area contributed by atoms with Crippen LogP contribution in [0.3, 0.4) is 0 Å². The zero-order valence-electron chi connectivity index (χ0n) is 11.1. The standard InChI is InChI=1S/C14H10BrN3O4/c15-11-5-1-9(2-6-11)13(19)16-17-14(20)10-3-7-12(8-4-10)18(21)22/h1-8H,(H,16,19)(H,17,20). The van der Waals surface area contributed by atoms with Gasteiger partial charge in [0.05, 0.1) is 4.92 Å². The first-order valence-corrected chi connectivity index (χ1v) is 6.87. The molecular formula is C14H10BrN3O4. The number of nitrogens with zero attached hydrogens (tertiary/aromatic N) is 1. The Balaban J connectivity index is 1.96. The maximum Gasteiger partial charge on any atom is 0.269 e. The van der Waals surface area contributed by atoms with Gasteiger partial charge in [-0.25, -0.2) is 0 Å². The average Bonchev–Trinajstić information content (AvgIpc) is 2.53. The number of benzene rings is 2. The quantitative estimate of drug-likeness (QED) is 0.645. The van der Waals surface area contributed by atoms with E-state index in [1.54, 1.807) is 24.3 Å². The Kier molecular flexibility index (Phi) is 4.84. The van der Waals surface area contributed by atoms with Gasteiger partial charge in [-0.3, -0.25) is 30.6 Å². The first-order valence-electron chi connectivity index (χ1n) is 6.08. The van der Waals surface area contributed by atoms with Gasteiger partial charge in [-0.1, -0.05) is 15.9 Å². The number of rotatable bonds is 3. The highest BCUT2D eigenvalue weighted by Gasteiger charge is 2.11. The van der Waals surface area contributed by atoms with Gasteiger partial charge < -0.3 is 0 Å². The van der Waals surface area contributed by atoms with Crippen LogP contribution in [-0.4, -0.2) is 16.7 Å². The first kappa shape index (κ1) is 15.6. The van der Waals surface area contributed by atoms with E-state index in [9.17, 15) is 19.7 Å². The summed E-state index contributed by atoms with van der Waals surface area (Å²) in [5, 5.41) is 10.5. The van der Waals surface area contributed by atoms with Crippen molar-refractivity contribution in [1.82, 2.24) is 10.9 Å². The molecule has 0 radical (unpaired) electrons. The van der Waals surface area contributed by atoms with Crippen LogP contribution in [0.15, 0.2) is 53.0 Å². The Morgan fingerprint density at radius 3 is 1.68 bits per heavy atom. The normalized spacial score (nSPS) is 9.86. The molecule has 2 N–H and O–H groups in total. The highest BCUT2D eigenvalue weighted by atomic mass is 79.9. The van der Waals surface area contributed by atoms with Crippen molar-refractivity contribution in [3.8, 4) is 0 Å². The van der Waals surface area contributed by atoms with Crippen LogP contribution in [-0.2, 0) is 0 Å². The number of hydrogen-bond donors (Lipinski definition) is 2. The molecule has 22 heavy (non-hydrogen) atoms. The van der Waals surface area contributed by atoms with Crippen molar-refractivity contribution in [1.29, 1.82) is 0 Å². The van der Waals surface area contributed by atoms with Gasteiger partial charge >= 0.3 is 0 Å². The second-order valence-electron chi connectivity index (χ2n) is 4.22. The topological polar surface area (TPSA) is 101 Å². The van der Waals surface area contributed by atoms with E-state index in [1.165, 1.54) is 24.3 Å². The number of carbonyl (C=O) groups excluding carboxylic acids is 2. The third-order valence-electron chi connectivity index (χ3n) is 2.74. The molecule has 0 aliphatic rings. The minimum atomic E-state index is -0.569. The van der Waals surface area contributed by atoms with Crippen LogP contribution in [0, 0.1) is 10.1 Å². The third-order valence-corrected chi connectivity index (χ3v) is 3.26. The number of amides is 2. The zero-order valence-corrected chi connectivity index (χ0v) is 12.7. The van der Waals surface area contributed by atoms with Gasteiger partial charge in [0.25, 0.3) is 17.5 Å². The number of carbonyl (C=O) groups is 2. The fourth-order valence-corrected chi connectivity index (χ4v) is 1.86. The van der Waals surface area contributed by atoms with Crippen LogP contribution >= 0.6 is 15.9 Å². The Morgan fingerprint density at radius 1 is 0.864 bits per heavy atom. The number of nitro benzene ring substituents is 1. The van der Waals surface area contributed by atoms with E-state index in [0.717, 1.165) is 4.47 Å². The third kappa shape index (κ3) is 3.89. The van der Waals surface area contributed by atoms with Crippen LogP contribution in [0.1, 0.15) is 20.7 Å². The largest absolute Gasteiger partial charge is 0.269 e. The highest BCUT2D eigenvalue weighted by molar-refractivity contribution is 9.10. The number of halogens is 1. The molecule has 112 valence electrons. The molecule has 0 fully saturated rings.